The minimum atomic E-state index is -3.40. The zero-order valence-corrected chi connectivity index (χ0v) is 19.4. The Kier molecular flexibility index (Phi) is 9.63. The van der Waals surface area contributed by atoms with E-state index < -0.39 is 10.0 Å². The van der Waals surface area contributed by atoms with Gasteiger partial charge >= 0.3 is 0 Å². The van der Waals surface area contributed by atoms with Gasteiger partial charge in [-0.25, -0.2) is 17.1 Å². The van der Waals surface area contributed by atoms with Crippen LogP contribution < -0.4 is 10.6 Å². The van der Waals surface area contributed by atoms with E-state index >= 15 is 0 Å². The summed E-state index contributed by atoms with van der Waals surface area (Å²) in [4.78, 5) is 5.04. The van der Waals surface area contributed by atoms with Crippen molar-refractivity contribution in [2.24, 2.45) is 4.99 Å². The van der Waals surface area contributed by atoms with E-state index in [0.29, 0.717) is 23.3 Å². The molecule has 150 valence electrons. The summed E-state index contributed by atoms with van der Waals surface area (Å²) < 4.78 is 38.6. The van der Waals surface area contributed by atoms with Gasteiger partial charge in [-0.15, -0.1) is 35.3 Å². The van der Waals surface area contributed by atoms with Gasteiger partial charge in [-0.2, -0.15) is 0 Å². The number of aliphatic imine (C=N–C) groups is 1. The standard InChI is InChI=1S/C17H23FN4O2S2.HI/c1-19-17(20-11-10-13-4-6-14(18)7-5-13)21-12-15-8-9-16(25-15)26(23,24)22(2)3;/h4-9H,10-12H2,1-3H3,(H2,19,20,21);1H. The van der Waals surface area contributed by atoms with Crippen LogP contribution in [0.4, 0.5) is 4.39 Å². The maximum Gasteiger partial charge on any atom is 0.252 e. The zero-order valence-electron chi connectivity index (χ0n) is 15.4. The molecule has 1 heterocycles. The maximum absolute atomic E-state index is 12.9. The van der Waals surface area contributed by atoms with Crippen LogP contribution in [-0.2, 0) is 23.0 Å². The smallest absolute Gasteiger partial charge is 0.252 e. The molecule has 0 saturated heterocycles. The molecule has 6 nitrogen and oxygen atoms in total. The first-order valence-corrected chi connectivity index (χ1v) is 10.3. The number of benzene rings is 1. The molecule has 10 heteroatoms. The Labute approximate surface area is 181 Å². The van der Waals surface area contributed by atoms with Crippen molar-refractivity contribution in [3.63, 3.8) is 0 Å². The molecule has 0 saturated carbocycles. The van der Waals surface area contributed by atoms with Crippen LogP contribution in [0.25, 0.3) is 0 Å². The van der Waals surface area contributed by atoms with Gasteiger partial charge in [-0.1, -0.05) is 12.1 Å². The molecule has 2 rings (SSSR count). The summed E-state index contributed by atoms with van der Waals surface area (Å²) in [5, 5.41) is 6.34. The molecule has 0 bridgehead atoms. The highest BCUT2D eigenvalue weighted by molar-refractivity contribution is 14.0. The van der Waals surface area contributed by atoms with Crippen molar-refractivity contribution < 1.29 is 12.8 Å². The number of sulfonamides is 1. The summed E-state index contributed by atoms with van der Waals surface area (Å²) >= 11 is 1.23. The molecular weight excluding hydrogens is 502 g/mol. The highest BCUT2D eigenvalue weighted by Crippen LogP contribution is 2.23. The Balaban J connectivity index is 0.00000364. The van der Waals surface area contributed by atoms with E-state index in [4.69, 9.17) is 0 Å². The summed E-state index contributed by atoms with van der Waals surface area (Å²) in [5.74, 6) is 0.378. The van der Waals surface area contributed by atoms with Crippen molar-refractivity contribution in [1.82, 2.24) is 14.9 Å². The van der Waals surface area contributed by atoms with Crippen LogP contribution in [0.5, 0.6) is 0 Å². The molecule has 0 aliphatic carbocycles. The molecular formula is C17H24FIN4O2S2. The molecule has 0 amide bonds. The van der Waals surface area contributed by atoms with Gasteiger partial charge in [-0.05, 0) is 36.2 Å². The largest absolute Gasteiger partial charge is 0.356 e. The third kappa shape index (κ3) is 7.01. The highest BCUT2D eigenvalue weighted by Gasteiger charge is 2.19. The van der Waals surface area contributed by atoms with Crippen LogP contribution >= 0.6 is 35.3 Å². The third-order valence-electron chi connectivity index (χ3n) is 3.64. The van der Waals surface area contributed by atoms with Crippen molar-refractivity contribution in [1.29, 1.82) is 0 Å². The quantitative estimate of drug-likeness (QED) is 0.331. The van der Waals surface area contributed by atoms with Gasteiger partial charge < -0.3 is 10.6 Å². The number of guanidine groups is 1. The van der Waals surface area contributed by atoms with E-state index in [9.17, 15) is 12.8 Å². The molecule has 0 aliphatic heterocycles. The third-order valence-corrected chi connectivity index (χ3v) is 7.01. The number of nitrogens with one attached hydrogen (secondary N) is 2. The Morgan fingerprint density at radius 2 is 1.81 bits per heavy atom. The Morgan fingerprint density at radius 1 is 1.15 bits per heavy atom. The van der Waals surface area contributed by atoms with Gasteiger partial charge in [0.05, 0.1) is 6.54 Å². The Morgan fingerprint density at radius 3 is 2.41 bits per heavy atom. The zero-order chi connectivity index (χ0) is 19.2. The second-order valence-corrected chi connectivity index (χ2v) is 9.28. The highest BCUT2D eigenvalue weighted by atomic mass is 127. The first-order chi connectivity index (χ1) is 12.3. The maximum atomic E-state index is 12.9. The van der Waals surface area contributed by atoms with E-state index in [1.807, 2.05) is 0 Å². The minimum absolute atomic E-state index is 0. The SMILES string of the molecule is CN=C(NCCc1ccc(F)cc1)NCc1ccc(S(=O)(=O)N(C)C)s1.I. The topological polar surface area (TPSA) is 73.8 Å². The molecule has 2 aromatic rings. The van der Waals surface area contributed by atoms with Gasteiger partial charge in [0, 0.05) is 32.6 Å². The predicted octanol–water partition coefficient (Wildman–Crippen LogP) is 2.66. The molecule has 0 fully saturated rings. The number of thiophene rings is 1. The predicted molar refractivity (Wildman–Crippen MR) is 119 cm³/mol. The van der Waals surface area contributed by atoms with Crippen LogP contribution in [0.1, 0.15) is 10.4 Å². The summed E-state index contributed by atoms with van der Waals surface area (Å²) in [5.41, 5.74) is 1.03. The fourth-order valence-corrected chi connectivity index (χ4v) is 4.60. The average molecular weight is 526 g/mol. The van der Waals surface area contributed by atoms with E-state index in [1.165, 1.54) is 41.9 Å². The van der Waals surface area contributed by atoms with Gasteiger partial charge in [0.1, 0.15) is 10.0 Å². The molecule has 0 unspecified atom stereocenters. The molecule has 0 spiro atoms. The van der Waals surface area contributed by atoms with Crippen molar-refractivity contribution in [3.8, 4) is 0 Å². The number of halogens is 2. The van der Waals surface area contributed by atoms with Gasteiger partial charge in [0.15, 0.2) is 5.96 Å². The number of hydrogen-bond donors (Lipinski definition) is 2. The van der Waals surface area contributed by atoms with E-state index in [0.717, 1.165) is 16.9 Å². The van der Waals surface area contributed by atoms with Crippen LogP contribution in [0.3, 0.4) is 0 Å². The molecule has 27 heavy (non-hydrogen) atoms. The second-order valence-electron chi connectivity index (χ2n) is 5.74. The summed E-state index contributed by atoms with van der Waals surface area (Å²) in [6, 6.07) is 9.80. The van der Waals surface area contributed by atoms with E-state index in [2.05, 4.69) is 15.6 Å². The fraction of sp³-hybridized carbons (Fsp3) is 0.353. The van der Waals surface area contributed by atoms with Gasteiger partial charge in [0.2, 0.25) is 0 Å². The minimum Gasteiger partial charge on any atom is -0.356 e. The molecule has 0 radical (unpaired) electrons. The lowest BCUT2D eigenvalue weighted by atomic mass is 10.1. The Hall–Kier alpha value is -1.24. The fourth-order valence-electron chi connectivity index (χ4n) is 2.14. The average Bonchev–Trinajstić information content (AvgIpc) is 3.09. The van der Waals surface area contributed by atoms with E-state index in [1.54, 1.807) is 31.3 Å². The lowest BCUT2D eigenvalue weighted by molar-refractivity contribution is 0.523. The molecule has 0 atom stereocenters. The van der Waals surface area contributed by atoms with Crippen LogP contribution in [-0.4, -0.2) is 46.4 Å². The van der Waals surface area contributed by atoms with Gasteiger partial charge in [-0.3, -0.25) is 4.99 Å². The Bertz CT molecular complexity index is 852. The number of hydrogen-bond acceptors (Lipinski definition) is 4. The van der Waals surface area contributed by atoms with Crippen LogP contribution in [0, 0.1) is 5.82 Å². The van der Waals surface area contributed by atoms with Crippen LogP contribution in [0.2, 0.25) is 0 Å². The van der Waals surface area contributed by atoms with Crippen LogP contribution in [0.15, 0.2) is 45.6 Å². The molecule has 2 N–H and O–H groups in total. The van der Waals surface area contributed by atoms with Gasteiger partial charge in [0.25, 0.3) is 10.0 Å². The molecule has 1 aromatic heterocycles. The lowest BCUT2D eigenvalue weighted by Gasteiger charge is -2.11. The first kappa shape index (κ1) is 23.8. The summed E-state index contributed by atoms with van der Waals surface area (Å²) in [7, 11) is 1.30. The van der Waals surface area contributed by atoms with Crippen molar-refractivity contribution >= 4 is 51.3 Å². The molecule has 1 aromatic carbocycles. The summed E-state index contributed by atoms with van der Waals surface area (Å²) in [6.07, 6.45) is 0.741. The first-order valence-electron chi connectivity index (χ1n) is 8.03. The monoisotopic (exact) mass is 526 g/mol. The number of rotatable bonds is 7. The lowest BCUT2D eigenvalue weighted by Crippen LogP contribution is -2.37. The van der Waals surface area contributed by atoms with Crippen molar-refractivity contribution in [3.05, 3.63) is 52.7 Å². The van der Waals surface area contributed by atoms with Crippen molar-refractivity contribution in [2.45, 2.75) is 17.2 Å². The second kappa shape index (κ2) is 10.9. The normalized spacial score (nSPS) is 12.0. The molecule has 0 aliphatic rings. The summed E-state index contributed by atoms with van der Waals surface area (Å²) in [6.45, 7) is 1.12. The number of nitrogens with zero attached hydrogens (tertiary/aromatic N) is 2. The van der Waals surface area contributed by atoms with E-state index in [-0.39, 0.29) is 29.8 Å². The van der Waals surface area contributed by atoms with Crippen molar-refractivity contribution in [2.75, 3.05) is 27.7 Å².